The summed E-state index contributed by atoms with van der Waals surface area (Å²) in [5, 5.41) is 3.57. The fourth-order valence-corrected chi connectivity index (χ4v) is 3.43. The fourth-order valence-electron chi connectivity index (χ4n) is 3.43. The fraction of sp³-hybridized carbons (Fsp3) is 0.611. The van der Waals surface area contributed by atoms with Crippen molar-refractivity contribution < 1.29 is 4.79 Å². The van der Waals surface area contributed by atoms with Gasteiger partial charge in [-0.3, -0.25) is 10.1 Å². The molecule has 21 heavy (non-hydrogen) atoms. The number of benzene rings is 1. The second kappa shape index (κ2) is 5.45. The van der Waals surface area contributed by atoms with E-state index in [1.807, 2.05) is 0 Å². The monoisotopic (exact) mass is 286 g/mol. The molecule has 1 saturated heterocycles. The minimum absolute atomic E-state index is 0.0281. The van der Waals surface area contributed by atoms with Crippen molar-refractivity contribution in [3.8, 4) is 0 Å². The van der Waals surface area contributed by atoms with Gasteiger partial charge in [0.05, 0.1) is 6.04 Å². The molecule has 114 valence electrons. The Labute approximate surface area is 127 Å². The van der Waals surface area contributed by atoms with Crippen molar-refractivity contribution in [3.63, 3.8) is 0 Å². The molecule has 0 radical (unpaired) electrons. The lowest BCUT2D eigenvalue weighted by Gasteiger charge is -2.31. The third kappa shape index (κ3) is 2.71. The average molecular weight is 286 g/mol. The van der Waals surface area contributed by atoms with Gasteiger partial charge >= 0.3 is 0 Å². The van der Waals surface area contributed by atoms with Gasteiger partial charge in [0.25, 0.3) is 0 Å². The van der Waals surface area contributed by atoms with Gasteiger partial charge in [-0.2, -0.15) is 0 Å². The van der Waals surface area contributed by atoms with E-state index in [4.69, 9.17) is 0 Å². The second-order valence-corrected chi connectivity index (χ2v) is 7.03. The predicted octanol–water partition coefficient (Wildman–Crippen LogP) is 3.25. The van der Waals surface area contributed by atoms with Crippen molar-refractivity contribution in [2.75, 3.05) is 0 Å². The summed E-state index contributed by atoms with van der Waals surface area (Å²) in [5.74, 6) is 1.28. The molecule has 0 spiro atoms. The Morgan fingerprint density at radius 1 is 1.24 bits per heavy atom. The maximum Gasteiger partial charge on any atom is 0.241 e. The summed E-state index contributed by atoms with van der Waals surface area (Å²) in [6.45, 7) is 8.56. The molecule has 1 saturated carbocycles. The normalized spacial score (nSPS) is 27.5. The molecule has 1 amide bonds. The van der Waals surface area contributed by atoms with Gasteiger partial charge in [0, 0.05) is 6.04 Å². The summed E-state index contributed by atoms with van der Waals surface area (Å²) in [5.41, 5.74) is 2.45. The lowest BCUT2D eigenvalue weighted by Crippen LogP contribution is -2.40. The van der Waals surface area contributed by atoms with Gasteiger partial charge in [-0.05, 0) is 44.1 Å². The van der Waals surface area contributed by atoms with E-state index >= 15 is 0 Å². The molecular formula is C18H26N2O. The third-order valence-corrected chi connectivity index (χ3v) is 4.90. The molecule has 3 heteroatoms. The minimum atomic E-state index is -0.0586. The first-order valence-electron chi connectivity index (χ1n) is 8.14. The quantitative estimate of drug-likeness (QED) is 0.921. The lowest BCUT2D eigenvalue weighted by molar-refractivity contribution is -0.133. The van der Waals surface area contributed by atoms with Crippen LogP contribution in [0, 0.1) is 18.8 Å². The number of hydrogen-bond donors (Lipinski definition) is 1. The van der Waals surface area contributed by atoms with E-state index in [-0.39, 0.29) is 18.1 Å². The molecule has 3 nitrogen and oxygen atoms in total. The molecule has 3 rings (SSSR count). The smallest absolute Gasteiger partial charge is 0.241 e. The van der Waals surface area contributed by atoms with Crippen LogP contribution in [0.15, 0.2) is 24.3 Å². The molecule has 1 aromatic carbocycles. The van der Waals surface area contributed by atoms with Gasteiger partial charge in [-0.15, -0.1) is 0 Å². The lowest BCUT2D eigenvalue weighted by atomic mass is 10.0. The topological polar surface area (TPSA) is 32.3 Å². The zero-order chi connectivity index (χ0) is 15.1. The molecule has 2 aliphatic rings. The average Bonchev–Trinajstić information content (AvgIpc) is 3.21. The largest absolute Gasteiger partial charge is 0.319 e. The SMILES string of the molecule is Cc1cccc(C2NC(C(C)C)C(=O)N2C(C)C2CC2)c1. The van der Waals surface area contributed by atoms with Crippen molar-refractivity contribution in [2.45, 2.75) is 58.8 Å². The first kappa shape index (κ1) is 14.6. The van der Waals surface area contributed by atoms with Crippen LogP contribution in [0.5, 0.6) is 0 Å². The Morgan fingerprint density at radius 3 is 2.52 bits per heavy atom. The van der Waals surface area contributed by atoms with Crippen molar-refractivity contribution in [1.82, 2.24) is 10.2 Å². The molecule has 1 aliphatic heterocycles. The summed E-state index contributed by atoms with van der Waals surface area (Å²) in [6.07, 6.45) is 2.55. The van der Waals surface area contributed by atoms with Crippen LogP contribution in [0.3, 0.4) is 0 Å². The first-order valence-corrected chi connectivity index (χ1v) is 8.14. The van der Waals surface area contributed by atoms with Crippen LogP contribution in [-0.2, 0) is 4.79 Å². The Bertz CT molecular complexity index is 536. The van der Waals surface area contributed by atoms with Crippen molar-refractivity contribution in [2.24, 2.45) is 11.8 Å². The zero-order valence-electron chi connectivity index (χ0n) is 13.5. The van der Waals surface area contributed by atoms with E-state index in [0.717, 1.165) is 0 Å². The highest BCUT2D eigenvalue weighted by Crippen LogP contribution is 2.40. The van der Waals surface area contributed by atoms with E-state index in [1.54, 1.807) is 0 Å². The Hall–Kier alpha value is -1.35. The molecule has 0 bridgehead atoms. The number of nitrogens with zero attached hydrogens (tertiary/aromatic N) is 1. The molecule has 1 heterocycles. The maximum atomic E-state index is 12.9. The van der Waals surface area contributed by atoms with Gasteiger partial charge in [0.1, 0.15) is 6.17 Å². The summed E-state index contributed by atoms with van der Waals surface area (Å²) >= 11 is 0. The standard InChI is InChI=1S/C18H26N2O/c1-11(2)16-18(21)20(13(4)14-8-9-14)17(19-16)15-7-5-6-12(3)10-15/h5-7,10-11,13-14,16-17,19H,8-9H2,1-4H3. The third-order valence-electron chi connectivity index (χ3n) is 4.90. The summed E-state index contributed by atoms with van der Waals surface area (Å²) in [4.78, 5) is 15.0. The Kier molecular flexibility index (Phi) is 3.78. The van der Waals surface area contributed by atoms with Crippen LogP contribution in [0.25, 0.3) is 0 Å². The predicted molar refractivity (Wildman–Crippen MR) is 84.7 cm³/mol. The van der Waals surface area contributed by atoms with E-state index in [9.17, 15) is 4.79 Å². The molecule has 3 atom stereocenters. The van der Waals surface area contributed by atoms with Crippen molar-refractivity contribution in [3.05, 3.63) is 35.4 Å². The highest BCUT2D eigenvalue weighted by molar-refractivity contribution is 5.85. The van der Waals surface area contributed by atoms with E-state index in [0.29, 0.717) is 17.9 Å². The number of nitrogens with one attached hydrogen (secondary N) is 1. The van der Waals surface area contributed by atoms with E-state index < -0.39 is 0 Å². The number of carbonyl (C=O) groups is 1. The van der Waals surface area contributed by atoms with Gasteiger partial charge in [0.15, 0.2) is 0 Å². The van der Waals surface area contributed by atoms with Gasteiger partial charge in [-0.25, -0.2) is 0 Å². The van der Waals surface area contributed by atoms with Gasteiger partial charge < -0.3 is 4.90 Å². The number of aryl methyl sites for hydroxylation is 1. The summed E-state index contributed by atoms with van der Waals surface area (Å²) in [6, 6.07) is 8.79. The Morgan fingerprint density at radius 2 is 1.95 bits per heavy atom. The highest BCUT2D eigenvalue weighted by Gasteiger charge is 2.46. The van der Waals surface area contributed by atoms with Crippen LogP contribution in [0.4, 0.5) is 0 Å². The number of carbonyl (C=O) groups excluding carboxylic acids is 1. The van der Waals surface area contributed by atoms with E-state index in [2.05, 4.69) is 62.2 Å². The van der Waals surface area contributed by atoms with Crippen LogP contribution < -0.4 is 5.32 Å². The van der Waals surface area contributed by atoms with Crippen LogP contribution >= 0.6 is 0 Å². The zero-order valence-corrected chi connectivity index (χ0v) is 13.5. The van der Waals surface area contributed by atoms with Gasteiger partial charge in [0.2, 0.25) is 5.91 Å². The highest BCUT2D eigenvalue weighted by atomic mass is 16.2. The number of amides is 1. The molecule has 1 aliphatic carbocycles. The molecule has 1 N–H and O–H groups in total. The Balaban J connectivity index is 1.93. The minimum Gasteiger partial charge on any atom is -0.319 e. The van der Waals surface area contributed by atoms with Crippen molar-refractivity contribution >= 4 is 5.91 Å². The molecular weight excluding hydrogens is 260 g/mol. The molecule has 0 aromatic heterocycles. The first-order chi connectivity index (χ1) is 9.99. The number of hydrogen-bond acceptors (Lipinski definition) is 2. The van der Waals surface area contributed by atoms with Gasteiger partial charge in [-0.1, -0.05) is 43.7 Å². The number of rotatable bonds is 4. The van der Waals surface area contributed by atoms with E-state index in [1.165, 1.54) is 24.0 Å². The molecule has 2 fully saturated rings. The summed E-state index contributed by atoms with van der Waals surface area (Å²) in [7, 11) is 0. The van der Waals surface area contributed by atoms with Crippen LogP contribution in [-0.4, -0.2) is 22.9 Å². The second-order valence-electron chi connectivity index (χ2n) is 7.03. The molecule has 1 aromatic rings. The maximum absolute atomic E-state index is 12.9. The summed E-state index contributed by atoms with van der Waals surface area (Å²) < 4.78 is 0. The van der Waals surface area contributed by atoms with Crippen molar-refractivity contribution in [1.29, 1.82) is 0 Å². The molecule has 3 unspecified atom stereocenters. The van der Waals surface area contributed by atoms with Crippen LogP contribution in [0.1, 0.15) is 50.9 Å². The van der Waals surface area contributed by atoms with Crippen LogP contribution in [0.2, 0.25) is 0 Å².